The molecule has 10 rings (SSSR count). The maximum Gasteiger partial charge on any atom is 0.137 e. The maximum absolute atomic E-state index is 7.34. The molecule has 0 unspecified atom stereocenters. The van der Waals surface area contributed by atoms with Gasteiger partial charge in [0.2, 0.25) is 0 Å². The van der Waals surface area contributed by atoms with Crippen molar-refractivity contribution in [3.63, 3.8) is 0 Å². The summed E-state index contributed by atoms with van der Waals surface area (Å²) in [4.78, 5) is 10.0. The third-order valence-corrected chi connectivity index (χ3v) is 15.1. The first-order valence-corrected chi connectivity index (χ1v) is 25.4. The number of fused-ring (bicyclic) bond motifs is 4. The van der Waals surface area contributed by atoms with E-state index in [1.807, 2.05) is 6.20 Å². The summed E-state index contributed by atoms with van der Waals surface area (Å²) in [5.74, 6) is 2.47. The van der Waals surface area contributed by atoms with Crippen LogP contribution in [0.5, 0.6) is 11.5 Å². The molecule has 1 aliphatic heterocycles. The summed E-state index contributed by atoms with van der Waals surface area (Å²) in [6, 6.07) is 62.4. The van der Waals surface area contributed by atoms with Crippen LogP contribution in [0.4, 0.5) is 22.7 Å². The molecule has 0 aliphatic carbocycles. The second-order valence-electron chi connectivity index (χ2n) is 23.9. The van der Waals surface area contributed by atoms with E-state index in [0.717, 1.165) is 39.7 Å². The molecule has 0 bridgehead atoms. The zero-order valence-corrected chi connectivity index (χ0v) is 44.1. The number of para-hydroxylation sites is 1. The number of pyridine rings is 1. The Balaban J connectivity index is 1.15. The van der Waals surface area contributed by atoms with Gasteiger partial charge in [-0.05, 0) is 116 Å². The summed E-state index contributed by atoms with van der Waals surface area (Å²) in [5, 5.41) is 2.43. The summed E-state index contributed by atoms with van der Waals surface area (Å²) < 4.78 is 9.68. The van der Waals surface area contributed by atoms with Crippen molar-refractivity contribution in [2.45, 2.75) is 117 Å². The quantitative estimate of drug-likeness (QED) is 0.144. The van der Waals surface area contributed by atoms with E-state index in [9.17, 15) is 0 Å². The standard InChI is InChI=1S/C66H70N4O/c1-62(2,3)46-31-32-57-58(38-46)68(50-28-22-27-48(35-50)65(10,11)44-23-16-14-17-24-44)43-69(57)51-36-49(66(12,13)45-25-18-15-19-26-45)37-52(40-51)71-53-41-55(64(7,8)9)61-54-29-20-21-30-56(54)70(59(61)42-53)60-39-47(33-34-67-60)63(4,5)6/h14-42H,43H2,1-13H3. The molecule has 0 atom stereocenters. The summed E-state index contributed by atoms with van der Waals surface area (Å²) in [6.45, 7) is 30.5. The number of benzene rings is 7. The van der Waals surface area contributed by atoms with Gasteiger partial charge in [-0.2, -0.15) is 0 Å². The van der Waals surface area contributed by atoms with Gasteiger partial charge in [0.1, 0.15) is 24.0 Å². The first kappa shape index (κ1) is 47.6. The fourth-order valence-electron chi connectivity index (χ4n) is 10.5. The summed E-state index contributed by atoms with van der Waals surface area (Å²) >= 11 is 0. The van der Waals surface area contributed by atoms with Crippen LogP contribution in [0.25, 0.3) is 27.6 Å². The van der Waals surface area contributed by atoms with E-state index in [4.69, 9.17) is 9.72 Å². The van der Waals surface area contributed by atoms with Crippen LogP contribution in [0.2, 0.25) is 0 Å². The van der Waals surface area contributed by atoms with Crippen molar-refractivity contribution in [1.82, 2.24) is 9.55 Å². The molecule has 3 heterocycles. The molecule has 0 fully saturated rings. The van der Waals surface area contributed by atoms with Gasteiger partial charge >= 0.3 is 0 Å². The van der Waals surface area contributed by atoms with Gasteiger partial charge in [-0.25, -0.2) is 4.98 Å². The molecule has 71 heavy (non-hydrogen) atoms. The van der Waals surface area contributed by atoms with E-state index in [0.29, 0.717) is 6.67 Å². The Kier molecular flexibility index (Phi) is 11.6. The molecule has 7 aromatic carbocycles. The topological polar surface area (TPSA) is 33.5 Å². The fraction of sp³-hybridized carbons (Fsp3) is 0.288. The zero-order chi connectivity index (χ0) is 50.3. The lowest BCUT2D eigenvalue weighted by molar-refractivity contribution is 0.477. The molecule has 0 saturated carbocycles. The third kappa shape index (κ3) is 8.79. The van der Waals surface area contributed by atoms with E-state index in [-0.39, 0.29) is 27.1 Å². The number of nitrogens with zero attached hydrogens (tertiary/aromatic N) is 4. The number of aromatic nitrogens is 2. The molecule has 5 nitrogen and oxygen atoms in total. The van der Waals surface area contributed by atoms with Crippen molar-refractivity contribution < 1.29 is 4.74 Å². The second-order valence-corrected chi connectivity index (χ2v) is 23.9. The van der Waals surface area contributed by atoms with Crippen LogP contribution in [0, 0.1) is 0 Å². The van der Waals surface area contributed by atoms with Gasteiger partial charge in [0.15, 0.2) is 0 Å². The highest BCUT2D eigenvalue weighted by molar-refractivity contribution is 6.11. The van der Waals surface area contributed by atoms with Crippen LogP contribution < -0.4 is 14.5 Å². The second kappa shape index (κ2) is 17.3. The third-order valence-electron chi connectivity index (χ3n) is 15.1. The van der Waals surface area contributed by atoms with E-state index >= 15 is 0 Å². The van der Waals surface area contributed by atoms with Gasteiger partial charge in [-0.1, -0.05) is 187 Å². The number of hydrogen-bond donors (Lipinski definition) is 0. The lowest BCUT2D eigenvalue weighted by Crippen LogP contribution is -2.26. The smallest absolute Gasteiger partial charge is 0.137 e. The van der Waals surface area contributed by atoms with E-state index < -0.39 is 0 Å². The van der Waals surface area contributed by atoms with Crippen LogP contribution in [-0.4, -0.2) is 16.2 Å². The lowest BCUT2D eigenvalue weighted by Gasteiger charge is -2.30. The predicted molar refractivity (Wildman–Crippen MR) is 300 cm³/mol. The van der Waals surface area contributed by atoms with Crippen LogP contribution in [0.15, 0.2) is 176 Å². The summed E-state index contributed by atoms with van der Waals surface area (Å²) in [5.41, 5.74) is 14.7. The molecule has 1 aliphatic rings. The van der Waals surface area contributed by atoms with Crippen LogP contribution in [-0.2, 0) is 27.1 Å². The Bertz CT molecular complexity index is 3430. The average molecular weight is 935 g/mol. The molecule has 0 spiro atoms. The maximum atomic E-state index is 7.34. The van der Waals surface area contributed by atoms with Gasteiger partial charge in [0.25, 0.3) is 0 Å². The highest BCUT2D eigenvalue weighted by atomic mass is 16.5. The monoisotopic (exact) mass is 935 g/mol. The molecule has 360 valence electrons. The van der Waals surface area contributed by atoms with Gasteiger partial charge in [0, 0.05) is 51.3 Å². The van der Waals surface area contributed by atoms with Gasteiger partial charge < -0.3 is 14.5 Å². The van der Waals surface area contributed by atoms with Crippen LogP contribution in [0.1, 0.15) is 129 Å². The van der Waals surface area contributed by atoms with Gasteiger partial charge in [0.05, 0.1) is 22.4 Å². The van der Waals surface area contributed by atoms with Gasteiger partial charge in [-0.3, -0.25) is 4.57 Å². The summed E-state index contributed by atoms with van der Waals surface area (Å²) in [7, 11) is 0. The minimum absolute atomic E-state index is 0.0317. The molecular formula is C66H70N4O. The Morgan fingerprint density at radius 2 is 0.986 bits per heavy atom. The average Bonchev–Trinajstić information content (AvgIpc) is 3.89. The Morgan fingerprint density at radius 1 is 0.408 bits per heavy atom. The van der Waals surface area contributed by atoms with E-state index in [1.54, 1.807) is 0 Å². The number of ether oxygens (including phenoxy) is 1. The van der Waals surface area contributed by atoms with Crippen molar-refractivity contribution in [2.75, 3.05) is 16.5 Å². The molecule has 9 aromatic rings. The van der Waals surface area contributed by atoms with E-state index in [2.05, 4.69) is 274 Å². The molecule has 0 N–H and O–H groups in total. The lowest BCUT2D eigenvalue weighted by atomic mass is 9.78. The SMILES string of the molecule is CC(C)(C)c1ccnc(-n2c3ccccc3c3c(C(C)(C)C)cc(Oc4cc(N5CN(c6cccc(C(C)(C)c7ccccc7)c6)c6cc(C(C)(C)C)ccc65)cc(C(C)(C)c5ccccc5)c4)cc32)c1. The van der Waals surface area contributed by atoms with Crippen molar-refractivity contribution in [3.8, 4) is 17.3 Å². The number of anilines is 4. The number of hydrogen-bond acceptors (Lipinski definition) is 4. The van der Waals surface area contributed by atoms with Crippen molar-refractivity contribution in [3.05, 3.63) is 215 Å². The molecule has 0 radical (unpaired) electrons. The first-order valence-electron chi connectivity index (χ1n) is 25.4. The zero-order valence-electron chi connectivity index (χ0n) is 44.1. The molecule has 5 heteroatoms. The molecular weight excluding hydrogens is 865 g/mol. The summed E-state index contributed by atoms with van der Waals surface area (Å²) in [6.07, 6.45) is 1.95. The minimum atomic E-state index is -0.345. The Labute approximate surface area is 422 Å². The first-order chi connectivity index (χ1) is 33.6. The van der Waals surface area contributed by atoms with Crippen molar-refractivity contribution in [2.24, 2.45) is 0 Å². The normalized spacial score (nSPS) is 13.6. The molecule has 2 aromatic heterocycles. The van der Waals surface area contributed by atoms with Crippen molar-refractivity contribution >= 4 is 44.6 Å². The van der Waals surface area contributed by atoms with Crippen molar-refractivity contribution in [1.29, 1.82) is 0 Å². The Hall–Kier alpha value is -7.11. The fourth-order valence-corrected chi connectivity index (χ4v) is 10.5. The minimum Gasteiger partial charge on any atom is -0.457 e. The predicted octanol–water partition coefficient (Wildman–Crippen LogP) is 17.8. The van der Waals surface area contributed by atoms with E-state index in [1.165, 1.54) is 61.1 Å². The highest BCUT2D eigenvalue weighted by Crippen LogP contribution is 2.50. The largest absolute Gasteiger partial charge is 0.457 e. The number of rotatable bonds is 9. The molecule has 0 amide bonds. The van der Waals surface area contributed by atoms with Crippen LogP contribution >= 0.6 is 0 Å². The van der Waals surface area contributed by atoms with Crippen LogP contribution in [0.3, 0.4) is 0 Å². The highest BCUT2D eigenvalue weighted by Gasteiger charge is 2.34. The van der Waals surface area contributed by atoms with Gasteiger partial charge in [-0.15, -0.1) is 0 Å². The molecule has 0 saturated heterocycles. The Morgan fingerprint density at radius 3 is 1.65 bits per heavy atom.